The zero-order chi connectivity index (χ0) is 24.5. The Morgan fingerprint density at radius 3 is 2.31 bits per heavy atom. The van der Waals surface area contributed by atoms with Crippen LogP contribution in [0.2, 0.25) is 0 Å². The van der Waals surface area contributed by atoms with Gasteiger partial charge in [0.15, 0.2) is 0 Å². The van der Waals surface area contributed by atoms with Crippen LogP contribution < -0.4 is 5.32 Å². The topological polar surface area (TPSA) is 95.9 Å². The molecule has 0 radical (unpaired) electrons. The van der Waals surface area contributed by atoms with E-state index in [9.17, 15) is 19.5 Å². The number of hydrogen-bond donors (Lipinski definition) is 2. The first-order chi connectivity index (χ1) is 17.0. The molecule has 2 saturated heterocycles. The maximum absolute atomic E-state index is 13.5. The van der Waals surface area contributed by atoms with Gasteiger partial charge < -0.3 is 20.1 Å². The van der Waals surface area contributed by atoms with Crippen LogP contribution in [0.15, 0.2) is 48.5 Å². The number of ether oxygens (including phenoxy) is 1. The molecule has 2 bridgehead atoms. The minimum absolute atomic E-state index is 0.0521. The molecule has 4 atom stereocenters. The highest BCUT2D eigenvalue weighted by molar-refractivity contribution is 5.88. The fourth-order valence-electron chi connectivity index (χ4n) is 6.23. The lowest BCUT2D eigenvalue weighted by Crippen LogP contribution is -2.51. The summed E-state index contributed by atoms with van der Waals surface area (Å²) in [6.45, 7) is 2.22. The van der Waals surface area contributed by atoms with Crippen molar-refractivity contribution in [3.8, 4) is 11.1 Å². The zero-order valence-electron chi connectivity index (χ0n) is 20.0. The summed E-state index contributed by atoms with van der Waals surface area (Å²) in [6.07, 6.45) is 3.60. The van der Waals surface area contributed by atoms with Crippen LogP contribution >= 0.6 is 0 Å². The molecule has 3 aliphatic rings. The van der Waals surface area contributed by atoms with E-state index in [1.807, 2.05) is 31.2 Å². The van der Waals surface area contributed by atoms with Crippen molar-refractivity contribution in [3.63, 3.8) is 0 Å². The molecule has 2 aliphatic heterocycles. The number of carbonyl (C=O) groups excluding carboxylic acids is 2. The van der Waals surface area contributed by atoms with Crippen molar-refractivity contribution in [1.29, 1.82) is 0 Å². The Morgan fingerprint density at radius 2 is 1.71 bits per heavy atom. The van der Waals surface area contributed by atoms with E-state index >= 15 is 0 Å². The number of amides is 2. The SMILES string of the molecule is CCCCC(NC(=O)OCC1c2ccccc2-c2ccccc21)C(=O)N1[C@@H]2CC[C@H]1[C@@H](C(=O)O)C2. The fourth-order valence-corrected chi connectivity index (χ4v) is 6.23. The molecule has 2 heterocycles. The van der Waals surface area contributed by atoms with Crippen LogP contribution in [0.1, 0.15) is 62.5 Å². The second-order valence-electron chi connectivity index (χ2n) is 9.89. The summed E-state index contributed by atoms with van der Waals surface area (Å²) in [5.41, 5.74) is 4.58. The van der Waals surface area contributed by atoms with Gasteiger partial charge in [0.2, 0.25) is 5.91 Å². The standard InChI is InChI=1S/C28H32N2O5/c1-2-3-12-24(26(31)30-17-13-14-25(30)22(15-17)27(32)33)29-28(34)35-16-23-20-10-6-4-8-18(20)19-9-5-7-11-21(19)23/h4-11,17,22-25H,2-3,12-16H2,1H3,(H,29,34)(H,32,33)/t17-,22+,24?,25+/m1/s1. The summed E-state index contributed by atoms with van der Waals surface area (Å²) in [6, 6.07) is 15.3. The third-order valence-electron chi connectivity index (χ3n) is 7.89. The minimum Gasteiger partial charge on any atom is -0.481 e. The second kappa shape index (κ2) is 9.72. The highest BCUT2D eigenvalue weighted by atomic mass is 16.5. The van der Waals surface area contributed by atoms with Gasteiger partial charge in [-0.2, -0.15) is 0 Å². The molecule has 1 unspecified atom stereocenters. The predicted octanol–water partition coefficient (Wildman–Crippen LogP) is 4.55. The Morgan fingerprint density at radius 1 is 1.06 bits per heavy atom. The first-order valence-electron chi connectivity index (χ1n) is 12.7. The lowest BCUT2D eigenvalue weighted by Gasteiger charge is -2.28. The summed E-state index contributed by atoms with van der Waals surface area (Å²) < 4.78 is 5.68. The maximum Gasteiger partial charge on any atom is 0.407 e. The number of fused-ring (bicyclic) bond motifs is 5. The third-order valence-corrected chi connectivity index (χ3v) is 7.89. The quantitative estimate of drug-likeness (QED) is 0.583. The first-order valence-corrected chi connectivity index (χ1v) is 12.7. The molecule has 1 aliphatic carbocycles. The summed E-state index contributed by atoms with van der Waals surface area (Å²) in [5.74, 6) is -1.59. The Kier molecular flexibility index (Phi) is 6.50. The van der Waals surface area contributed by atoms with Crippen molar-refractivity contribution in [3.05, 3.63) is 59.7 Å². The number of benzene rings is 2. The number of unbranched alkanes of at least 4 members (excludes halogenated alkanes) is 1. The first kappa shape index (κ1) is 23.4. The van der Waals surface area contributed by atoms with Gasteiger partial charge >= 0.3 is 12.1 Å². The minimum atomic E-state index is -0.843. The van der Waals surface area contributed by atoms with Crippen molar-refractivity contribution in [1.82, 2.24) is 10.2 Å². The van der Waals surface area contributed by atoms with Crippen LogP contribution in [0.3, 0.4) is 0 Å². The van der Waals surface area contributed by atoms with E-state index in [2.05, 4.69) is 29.6 Å². The van der Waals surface area contributed by atoms with E-state index < -0.39 is 24.0 Å². The smallest absolute Gasteiger partial charge is 0.407 e. The molecule has 35 heavy (non-hydrogen) atoms. The maximum atomic E-state index is 13.5. The van der Waals surface area contributed by atoms with Crippen LogP contribution in [-0.4, -0.2) is 52.7 Å². The van der Waals surface area contributed by atoms with Crippen molar-refractivity contribution < 1.29 is 24.2 Å². The molecule has 2 amide bonds. The Labute approximate surface area is 205 Å². The van der Waals surface area contributed by atoms with Crippen LogP contribution in [0.25, 0.3) is 11.1 Å². The Hall–Kier alpha value is -3.35. The van der Waals surface area contributed by atoms with Crippen LogP contribution in [0.5, 0.6) is 0 Å². The summed E-state index contributed by atoms with van der Waals surface area (Å²) in [7, 11) is 0. The molecule has 0 saturated carbocycles. The van der Waals surface area contributed by atoms with Gasteiger partial charge in [-0.15, -0.1) is 0 Å². The summed E-state index contributed by atoms with van der Waals surface area (Å²) in [5, 5.41) is 12.4. The second-order valence-corrected chi connectivity index (χ2v) is 9.89. The van der Waals surface area contributed by atoms with Gasteiger partial charge in [0.05, 0.1) is 5.92 Å². The molecule has 7 nitrogen and oxygen atoms in total. The highest BCUT2D eigenvalue weighted by Crippen LogP contribution is 2.45. The Balaban J connectivity index is 1.26. The lowest BCUT2D eigenvalue weighted by molar-refractivity contribution is -0.143. The average molecular weight is 477 g/mol. The number of carboxylic acids is 1. The molecule has 5 rings (SSSR count). The molecule has 0 spiro atoms. The van der Waals surface area contributed by atoms with E-state index in [0.717, 1.165) is 41.5 Å². The monoisotopic (exact) mass is 476 g/mol. The summed E-state index contributed by atoms with van der Waals surface area (Å²) in [4.78, 5) is 39.7. The van der Waals surface area contributed by atoms with E-state index in [1.54, 1.807) is 4.90 Å². The molecule has 0 aromatic heterocycles. The van der Waals surface area contributed by atoms with Crippen molar-refractivity contribution in [2.24, 2.45) is 5.92 Å². The van der Waals surface area contributed by atoms with E-state index in [1.165, 1.54) is 0 Å². The van der Waals surface area contributed by atoms with Crippen molar-refractivity contribution in [2.75, 3.05) is 6.61 Å². The molecule has 2 aromatic carbocycles. The molecular formula is C28H32N2O5. The molecule has 2 N–H and O–H groups in total. The number of aliphatic carboxylic acids is 1. The lowest BCUT2D eigenvalue weighted by atomic mass is 9.89. The van der Waals surface area contributed by atoms with Crippen molar-refractivity contribution >= 4 is 18.0 Å². The number of nitrogens with zero attached hydrogens (tertiary/aromatic N) is 1. The highest BCUT2D eigenvalue weighted by Gasteiger charge is 2.52. The third kappa shape index (κ3) is 4.28. The summed E-state index contributed by atoms with van der Waals surface area (Å²) >= 11 is 0. The van der Waals surface area contributed by atoms with E-state index in [-0.39, 0.29) is 30.5 Å². The van der Waals surface area contributed by atoms with Gasteiger partial charge in [0, 0.05) is 18.0 Å². The van der Waals surface area contributed by atoms with Crippen LogP contribution in [0, 0.1) is 5.92 Å². The fraction of sp³-hybridized carbons (Fsp3) is 0.464. The van der Waals surface area contributed by atoms with Gasteiger partial charge in [-0.25, -0.2) is 4.79 Å². The number of carbonyl (C=O) groups is 3. The molecule has 2 fully saturated rings. The number of alkyl carbamates (subject to hydrolysis) is 1. The predicted molar refractivity (Wildman–Crippen MR) is 131 cm³/mol. The van der Waals surface area contributed by atoms with Gasteiger partial charge in [-0.05, 0) is 47.9 Å². The molecular weight excluding hydrogens is 444 g/mol. The number of carboxylic acid groups (broad SMARTS) is 1. The molecule has 2 aromatic rings. The van der Waals surface area contributed by atoms with Gasteiger partial charge in [0.25, 0.3) is 0 Å². The zero-order valence-corrected chi connectivity index (χ0v) is 20.0. The normalized spacial score (nSPS) is 23.0. The molecule has 184 valence electrons. The number of hydrogen-bond acceptors (Lipinski definition) is 4. The van der Waals surface area contributed by atoms with Crippen LogP contribution in [0.4, 0.5) is 4.79 Å². The van der Waals surface area contributed by atoms with Gasteiger partial charge in [-0.3, -0.25) is 9.59 Å². The van der Waals surface area contributed by atoms with E-state index in [0.29, 0.717) is 19.3 Å². The number of nitrogens with one attached hydrogen (secondary N) is 1. The van der Waals surface area contributed by atoms with Gasteiger partial charge in [0.1, 0.15) is 12.6 Å². The van der Waals surface area contributed by atoms with Gasteiger partial charge in [-0.1, -0.05) is 68.3 Å². The number of rotatable bonds is 8. The Bertz CT molecular complexity index is 1090. The molecule has 7 heteroatoms. The van der Waals surface area contributed by atoms with E-state index in [4.69, 9.17) is 4.74 Å². The van der Waals surface area contributed by atoms with Crippen LogP contribution in [-0.2, 0) is 14.3 Å². The largest absolute Gasteiger partial charge is 0.481 e. The van der Waals surface area contributed by atoms with Crippen molar-refractivity contribution in [2.45, 2.75) is 69.5 Å². The average Bonchev–Trinajstić information content (AvgIpc) is 3.54.